The molecule has 2 aliphatic rings. The van der Waals surface area contributed by atoms with E-state index >= 15 is 0 Å². The number of carboxylic acids is 1. The first-order chi connectivity index (χ1) is 17.0. The number of rotatable bonds is 5. The van der Waals surface area contributed by atoms with Gasteiger partial charge in [-0.2, -0.15) is 13.2 Å². The second-order valence-corrected chi connectivity index (χ2v) is 9.03. The lowest BCUT2D eigenvalue weighted by atomic mass is 10.1. The molecule has 1 aromatic heterocycles. The number of likely N-dealkylation sites (tertiary alicyclic amines) is 1. The van der Waals surface area contributed by atoms with E-state index in [-0.39, 0.29) is 5.91 Å². The Labute approximate surface area is 208 Å². The molecule has 0 spiro atoms. The monoisotopic (exact) mass is 504 g/mol. The Morgan fingerprint density at radius 2 is 1.94 bits per heavy atom. The fraction of sp³-hybridized carbons (Fsp3) is 0.423. The fourth-order valence-corrected chi connectivity index (χ4v) is 4.65. The molecule has 2 atom stereocenters. The molecule has 1 amide bonds. The molecule has 1 aromatic carbocycles. The average Bonchev–Trinajstić information content (AvgIpc) is 3.47. The molecule has 3 heterocycles. The van der Waals surface area contributed by atoms with Crippen LogP contribution in [0.1, 0.15) is 37.3 Å². The van der Waals surface area contributed by atoms with Crippen LogP contribution in [-0.4, -0.2) is 64.8 Å². The highest BCUT2D eigenvalue weighted by molar-refractivity contribution is 6.02. The Morgan fingerprint density at radius 3 is 2.53 bits per heavy atom. The summed E-state index contributed by atoms with van der Waals surface area (Å²) in [6, 6.07) is 11.4. The third kappa shape index (κ3) is 7.55. The minimum Gasteiger partial charge on any atom is -0.475 e. The van der Waals surface area contributed by atoms with Crippen LogP contribution in [0.4, 0.5) is 24.5 Å². The Balaban J connectivity index is 0.000000454. The van der Waals surface area contributed by atoms with Gasteiger partial charge in [0.05, 0.1) is 0 Å². The number of alkyl halides is 3. The minimum absolute atomic E-state index is 0.134. The van der Waals surface area contributed by atoms with Crippen LogP contribution in [0.3, 0.4) is 0 Å². The van der Waals surface area contributed by atoms with Crippen molar-refractivity contribution in [2.24, 2.45) is 0 Å². The number of hydrogen-bond acceptors (Lipinski definition) is 5. The summed E-state index contributed by atoms with van der Waals surface area (Å²) in [5.74, 6) is -2.89. The Hall–Kier alpha value is -3.40. The summed E-state index contributed by atoms with van der Waals surface area (Å²) in [6.07, 6.45) is 5.58. The number of nitrogens with one attached hydrogen (secondary N) is 1. The largest absolute Gasteiger partial charge is 0.490 e. The molecular weight excluding hydrogens is 473 g/mol. The third-order valence-corrected chi connectivity index (χ3v) is 6.40. The molecule has 2 unspecified atom stereocenters. The molecule has 2 saturated heterocycles. The van der Waals surface area contributed by atoms with E-state index in [1.54, 1.807) is 24.5 Å². The normalized spacial score (nSPS) is 20.3. The van der Waals surface area contributed by atoms with Crippen LogP contribution in [0.15, 0.2) is 48.8 Å². The third-order valence-electron chi connectivity index (χ3n) is 6.40. The van der Waals surface area contributed by atoms with E-state index in [0.717, 1.165) is 30.4 Å². The van der Waals surface area contributed by atoms with E-state index in [4.69, 9.17) is 9.90 Å². The Bertz CT molecular complexity index is 1080. The number of hydrogen-bond donors (Lipinski definition) is 2. The highest BCUT2D eigenvalue weighted by Gasteiger charge is 2.38. The summed E-state index contributed by atoms with van der Waals surface area (Å²) in [6.45, 7) is 7.94. The lowest BCUT2D eigenvalue weighted by Crippen LogP contribution is -2.39. The molecule has 10 heteroatoms. The SMILES string of the molecule is Cc1cc(NC(=O)/C=C/c2cccnc2)ccc1N1CCC(N2CCCC2C)C1.O=C(O)C(F)(F)F. The van der Waals surface area contributed by atoms with Crippen LogP contribution < -0.4 is 10.2 Å². The molecule has 0 bridgehead atoms. The number of carboxylic acid groups (broad SMARTS) is 1. The summed E-state index contributed by atoms with van der Waals surface area (Å²) in [5.41, 5.74) is 4.22. The number of carbonyl (C=O) groups excluding carboxylic acids is 1. The van der Waals surface area contributed by atoms with Gasteiger partial charge in [0.1, 0.15) is 0 Å². The first kappa shape index (κ1) is 27.2. The molecule has 2 aliphatic heterocycles. The Morgan fingerprint density at radius 1 is 1.19 bits per heavy atom. The molecule has 194 valence electrons. The zero-order valence-electron chi connectivity index (χ0n) is 20.3. The zero-order valence-corrected chi connectivity index (χ0v) is 20.3. The number of aryl methyl sites for hydroxylation is 1. The number of pyridine rings is 1. The van der Waals surface area contributed by atoms with Crippen LogP contribution in [0.5, 0.6) is 0 Å². The molecular formula is C26H31F3N4O3. The van der Waals surface area contributed by atoms with Gasteiger partial charge in [-0.25, -0.2) is 4.79 Å². The lowest BCUT2D eigenvalue weighted by molar-refractivity contribution is -0.192. The number of aromatic nitrogens is 1. The van der Waals surface area contributed by atoms with Crippen molar-refractivity contribution in [3.8, 4) is 0 Å². The topological polar surface area (TPSA) is 85.8 Å². The molecule has 0 aliphatic carbocycles. The van der Waals surface area contributed by atoms with Gasteiger partial charge in [0.25, 0.3) is 0 Å². The molecule has 36 heavy (non-hydrogen) atoms. The first-order valence-electron chi connectivity index (χ1n) is 11.8. The van der Waals surface area contributed by atoms with E-state index in [1.165, 1.54) is 37.1 Å². The van der Waals surface area contributed by atoms with Gasteiger partial charge in [-0.1, -0.05) is 6.07 Å². The van der Waals surface area contributed by atoms with Gasteiger partial charge in [-0.15, -0.1) is 0 Å². The Kier molecular flexibility index (Phi) is 9.08. The van der Waals surface area contributed by atoms with Crippen LogP contribution in [-0.2, 0) is 9.59 Å². The van der Waals surface area contributed by atoms with Crippen molar-refractivity contribution in [3.63, 3.8) is 0 Å². The zero-order chi connectivity index (χ0) is 26.3. The van der Waals surface area contributed by atoms with E-state index < -0.39 is 12.1 Å². The standard InChI is InChI=1S/C24H30N4O.C2HF3O2/c1-18-15-21(26-24(29)10-7-20-6-3-12-25-16-20)8-9-23(18)27-14-11-22(17-27)28-13-4-5-19(28)2;3-2(4,5)1(6)7/h3,6-10,12,15-16,19,22H,4-5,11,13-14,17H2,1-2H3,(H,26,29);(H,6,7)/b10-7+;. The summed E-state index contributed by atoms with van der Waals surface area (Å²) < 4.78 is 31.7. The van der Waals surface area contributed by atoms with Crippen molar-refractivity contribution < 1.29 is 27.9 Å². The van der Waals surface area contributed by atoms with Crippen LogP contribution in [0.2, 0.25) is 0 Å². The molecule has 2 aromatic rings. The van der Waals surface area contributed by atoms with Gasteiger partial charge in [-0.3, -0.25) is 14.7 Å². The molecule has 0 saturated carbocycles. The summed E-state index contributed by atoms with van der Waals surface area (Å²) in [7, 11) is 0. The predicted molar refractivity (Wildman–Crippen MR) is 133 cm³/mol. The van der Waals surface area contributed by atoms with E-state index in [1.807, 2.05) is 18.2 Å². The molecule has 0 radical (unpaired) electrons. The number of benzene rings is 1. The molecule has 2 N–H and O–H groups in total. The second-order valence-electron chi connectivity index (χ2n) is 9.03. The van der Waals surface area contributed by atoms with Gasteiger partial charge in [-0.05, 0) is 81.1 Å². The molecule has 4 rings (SSSR count). The number of anilines is 2. The average molecular weight is 505 g/mol. The highest BCUT2D eigenvalue weighted by Crippen LogP contribution is 2.31. The van der Waals surface area contributed by atoms with Crippen molar-refractivity contribution in [2.75, 3.05) is 29.9 Å². The molecule has 2 fully saturated rings. The predicted octanol–water partition coefficient (Wildman–Crippen LogP) is 4.74. The number of aliphatic carboxylic acids is 1. The number of amides is 1. The summed E-state index contributed by atoms with van der Waals surface area (Å²) in [5, 5.41) is 10.1. The van der Waals surface area contributed by atoms with Gasteiger partial charge >= 0.3 is 12.1 Å². The van der Waals surface area contributed by atoms with E-state index in [0.29, 0.717) is 6.04 Å². The smallest absolute Gasteiger partial charge is 0.475 e. The first-order valence-corrected chi connectivity index (χ1v) is 11.8. The number of nitrogens with zero attached hydrogens (tertiary/aromatic N) is 3. The van der Waals surface area contributed by atoms with E-state index in [2.05, 4.69) is 46.1 Å². The van der Waals surface area contributed by atoms with Crippen molar-refractivity contribution in [1.29, 1.82) is 0 Å². The van der Waals surface area contributed by atoms with E-state index in [9.17, 15) is 18.0 Å². The van der Waals surface area contributed by atoms with Crippen LogP contribution in [0, 0.1) is 6.92 Å². The van der Waals surface area contributed by atoms with Crippen LogP contribution in [0.25, 0.3) is 6.08 Å². The van der Waals surface area contributed by atoms with Gasteiger partial charge in [0, 0.05) is 55.0 Å². The van der Waals surface area contributed by atoms with Crippen LogP contribution >= 0.6 is 0 Å². The maximum atomic E-state index is 12.2. The minimum atomic E-state index is -5.08. The van der Waals surface area contributed by atoms with Gasteiger partial charge < -0.3 is 15.3 Å². The van der Waals surface area contributed by atoms with Gasteiger partial charge in [0.15, 0.2) is 0 Å². The summed E-state index contributed by atoms with van der Waals surface area (Å²) >= 11 is 0. The number of halogens is 3. The maximum Gasteiger partial charge on any atom is 0.490 e. The second kappa shape index (κ2) is 12.0. The fourth-order valence-electron chi connectivity index (χ4n) is 4.65. The quantitative estimate of drug-likeness (QED) is 0.573. The highest BCUT2D eigenvalue weighted by atomic mass is 19.4. The van der Waals surface area contributed by atoms with Crippen molar-refractivity contribution in [1.82, 2.24) is 9.88 Å². The van der Waals surface area contributed by atoms with Crippen molar-refractivity contribution >= 4 is 29.3 Å². The van der Waals surface area contributed by atoms with Crippen molar-refractivity contribution in [3.05, 3.63) is 59.9 Å². The molecule has 7 nitrogen and oxygen atoms in total. The van der Waals surface area contributed by atoms with Crippen molar-refractivity contribution in [2.45, 2.75) is 51.4 Å². The van der Waals surface area contributed by atoms with Gasteiger partial charge in [0.2, 0.25) is 5.91 Å². The lowest BCUT2D eigenvalue weighted by Gasteiger charge is -2.29. The maximum absolute atomic E-state index is 12.2. The summed E-state index contributed by atoms with van der Waals surface area (Å²) in [4.78, 5) is 30.4. The number of carbonyl (C=O) groups is 2.